The topological polar surface area (TPSA) is 101 Å². The number of nitrogens with zero attached hydrogens (tertiary/aromatic N) is 6. The van der Waals surface area contributed by atoms with Gasteiger partial charge in [0.2, 0.25) is 10.0 Å². The van der Waals surface area contributed by atoms with Crippen molar-refractivity contribution >= 4 is 38.6 Å². The number of rotatable bonds is 4. The molecule has 0 saturated carbocycles. The summed E-state index contributed by atoms with van der Waals surface area (Å²) in [5.41, 5.74) is 1.46. The maximum absolute atomic E-state index is 13.4. The summed E-state index contributed by atoms with van der Waals surface area (Å²) in [6.45, 7) is 1.80. The smallest absolute Gasteiger partial charge is 0.271 e. The van der Waals surface area contributed by atoms with E-state index in [4.69, 9.17) is 0 Å². The summed E-state index contributed by atoms with van der Waals surface area (Å²) in [7, 11) is -3.71. The van der Waals surface area contributed by atoms with E-state index in [2.05, 4.69) is 13.8 Å². The number of benzene rings is 2. The van der Waals surface area contributed by atoms with Crippen molar-refractivity contribution in [2.45, 2.75) is 11.3 Å². The van der Waals surface area contributed by atoms with E-state index in [-0.39, 0.29) is 10.5 Å². The molecule has 1 fully saturated rings. The highest BCUT2D eigenvalue weighted by atomic mass is 32.2. The Bertz CT molecular complexity index is 1420. The number of para-hydroxylation sites is 1. The van der Waals surface area contributed by atoms with E-state index in [1.807, 2.05) is 35.2 Å². The molecule has 5 rings (SSSR count). The maximum Gasteiger partial charge on any atom is 0.271 e. The van der Waals surface area contributed by atoms with E-state index < -0.39 is 10.0 Å². The zero-order chi connectivity index (χ0) is 22.1. The molecule has 2 aromatic carbocycles. The van der Waals surface area contributed by atoms with Gasteiger partial charge < -0.3 is 4.90 Å². The maximum atomic E-state index is 13.4. The first-order valence-corrected chi connectivity index (χ1v) is 12.3. The first kappa shape index (κ1) is 20.7. The van der Waals surface area contributed by atoms with Gasteiger partial charge in [-0.05, 0) is 36.8 Å². The van der Waals surface area contributed by atoms with Gasteiger partial charge in [-0.2, -0.15) is 17.7 Å². The Morgan fingerprint density at radius 2 is 1.69 bits per heavy atom. The van der Waals surface area contributed by atoms with Crippen LogP contribution >= 0.6 is 11.7 Å². The van der Waals surface area contributed by atoms with Crippen molar-refractivity contribution in [3.63, 3.8) is 0 Å². The van der Waals surface area contributed by atoms with Gasteiger partial charge in [0.1, 0.15) is 21.7 Å². The molecule has 4 aromatic rings. The number of aromatic nitrogens is 4. The third-order valence-corrected chi connectivity index (χ3v) is 7.91. The Morgan fingerprint density at radius 3 is 2.53 bits per heavy atom. The van der Waals surface area contributed by atoms with E-state index in [0.717, 1.165) is 11.7 Å². The van der Waals surface area contributed by atoms with Gasteiger partial charge in [-0.15, -0.1) is 5.10 Å². The predicted molar refractivity (Wildman–Crippen MR) is 123 cm³/mol. The molecule has 0 aliphatic carbocycles. The molecule has 164 valence electrons. The Hall–Kier alpha value is -3.15. The summed E-state index contributed by atoms with van der Waals surface area (Å²) >= 11 is 1.00. The molecule has 0 spiro atoms. The lowest BCUT2D eigenvalue weighted by Gasteiger charge is -2.23. The van der Waals surface area contributed by atoms with Gasteiger partial charge in [0.25, 0.3) is 5.56 Å². The zero-order valence-electron chi connectivity index (χ0n) is 17.0. The molecule has 0 amide bonds. The summed E-state index contributed by atoms with van der Waals surface area (Å²) < 4.78 is 37.9. The Kier molecular flexibility index (Phi) is 5.45. The molecule has 0 bridgehead atoms. The molecule has 1 aliphatic heterocycles. The second-order valence-electron chi connectivity index (χ2n) is 7.41. The fourth-order valence-corrected chi connectivity index (χ4v) is 6.04. The van der Waals surface area contributed by atoms with E-state index in [9.17, 15) is 13.2 Å². The molecule has 0 radical (unpaired) electrons. The van der Waals surface area contributed by atoms with E-state index in [0.29, 0.717) is 55.1 Å². The third kappa shape index (κ3) is 3.78. The zero-order valence-corrected chi connectivity index (χ0v) is 18.7. The minimum atomic E-state index is -3.71. The quantitative estimate of drug-likeness (QED) is 0.452. The van der Waals surface area contributed by atoms with Crippen LogP contribution in [0, 0.1) is 0 Å². The van der Waals surface area contributed by atoms with Crippen molar-refractivity contribution in [2.75, 3.05) is 31.1 Å². The molecule has 11 heteroatoms. The lowest BCUT2D eigenvalue weighted by Crippen LogP contribution is -2.36. The van der Waals surface area contributed by atoms with Crippen LogP contribution in [0.2, 0.25) is 0 Å². The van der Waals surface area contributed by atoms with Gasteiger partial charge in [-0.25, -0.2) is 8.42 Å². The van der Waals surface area contributed by atoms with Gasteiger partial charge in [0.05, 0.1) is 17.4 Å². The summed E-state index contributed by atoms with van der Waals surface area (Å²) in [5.74, 6) is 0.638. The molecule has 3 heterocycles. The van der Waals surface area contributed by atoms with Crippen molar-refractivity contribution in [3.8, 4) is 5.69 Å². The molecule has 9 nitrogen and oxygen atoms in total. The number of sulfonamides is 1. The van der Waals surface area contributed by atoms with Crippen LogP contribution < -0.4 is 10.5 Å². The van der Waals surface area contributed by atoms with Crippen LogP contribution in [-0.2, 0) is 10.0 Å². The Morgan fingerprint density at radius 1 is 0.844 bits per heavy atom. The largest absolute Gasteiger partial charge is 0.354 e. The third-order valence-electron chi connectivity index (χ3n) is 5.43. The summed E-state index contributed by atoms with van der Waals surface area (Å²) in [5, 5.41) is 4.53. The first-order valence-electron chi connectivity index (χ1n) is 10.2. The van der Waals surface area contributed by atoms with Crippen LogP contribution in [0.4, 0.5) is 5.82 Å². The second kappa shape index (κ2) is 8.41. The van der Waals surface area contributed by atoms with Gasteiger partial charge in [-0.1, -0.05) is 24.3 Å². The van der Waals surface area contributed by atoms with Crippen LogP contribution in [0.25, 0.3) is 16.7 Å². The molecular weight excluding hydrogens is 448 g/mol. The molecule has 2 aromatic heterocycles. The number of hydrogen-bond donors (Lipinski definition) is 0. The fraction of sp³-hybridized carbons (Fsp3) is 0.238. The van der Waals surface area contributed by atoms with Gasteiger partial charge in [0, 0.05) is 32.2 Å². The monoisotopic (exact) mass is 468 g/mol. The standard InChI is InChI=1S/C21H20N6O3S2/c28-20-11-10-19(22-27(20)16-6-2-1-3-7-16)25-12-5-13-26(15-14-25)32(29,30)18-9-4-8-17-21(18)24-31-23-17/h1-4,6-11H,5,12-15H2. The van der Waals surface area contributed by atoms with Gasteiger partial charge in [-0.3, -0.25) is 4.79 Å². The highest BCUT2D eigenvalue weighted by Gasteiger charge is 2.29. The molecular formula is C21H20N6O3S2. The van der Waals surface area contributed by atoms with E-state index in [1.165, 1.54) is 15.1 Å². The second-order valence-corrected chi connectivity index (χ2v) is 9.84. The highest BCUT2D eigenvalue weighted by Crippen LogP contribution is 2.25. The van der Waals surface area contributed by atoms with Crippen LogP contribution in [-0.4, -0.2) is 57.4 Å². The first-order chi connectivity index (χ1) is 15.5. The average molecular weight is 469 g/mol. The highest BCUT2D eigenvalue weighted by molar-refractivity contribution is 7.89. The predicted octanol–water partition coefficient (Wildman–Crippen LogP) is 2.14. The van der Waals surface area contributed by atoms with Gasteiger partial charge in [0.15, 0.2) is 0 Å². The lowest BCUT2D eigenvalue weighted by atomic mass is 10.3. The minimum Gasteiger partial charge on any atom is -0.354 e. The van der Waals surface area contributed by atoms with Crippen LogP contribution in [0.5, 0.6) is 0 Å². The Labute approximate surface area is 188 Å². The molecule has 0 N–H and O–H groups in total. The van der Waals surface area contributed by atoms with Gasteiger partial charge >= 0.3 is 0 Å². The van der Waals surface area contributed by atoms with Crippen molar-refractivity contribution in [3.05, 3.63) is 71.0 Å². The summed E-state index contributed by atoms with van der Waals surface area (Å²) in [6, 6.07) is 17.4. The van der Waals surface area contributed by atoms with E-state index in [1.54, 1.807) is 24.3 Å². The fourth-order valence-electron chi connectivity index (χ4n) is 3.82. The van der Waals surface area contributed by atoms with Crippen molar-refractivity contribution in [1.82, 2.24) is 22.8 Å². The molecule has 32 heavy (non-hydrogen) atoms. The number of fused-ring (bicyclic) bond motifs is 1. The summed E-state index contributed by atoms with van der Waals surface area (Å²) in [4.78, 5) is 14.5. The van der Waals surface area contributed by atoms with Crippen LogP contribution in [0.1, 0.15) is 6.42 Å². The van der Waals surface area contributed by atoms with Crippen molar-refractivity contribution < 1.29 is 8.42 Å². The van der Waals surface area contributed by atoms with Crippen molar-refractivity contribution in [1.29, 1.82) is 0 Å². The minimum absolute atomic E-state index is 0.188. The molecule has 1 aliphatic rings. The normalized spacial score (nSPS) is 15.7. The molecule has 0 unspecified atom stereocenters. The lowest BCUT2D eigenvalue weighted by molar-refractivity contribution is 0.433. The van der Waals surface area contributed by atoms with Crippen LogP contribution in [0.3, 0.4) is 0 Å². The SMILES string of the molecule is O=c1ccc(N2CCCN(S(=O)(=O)c3cccc4nsnc34)CC2)nn1-c1ccccc1. The van der Waals surface area contributed by atoms with Crippen molar-refractivity contribution in [2.24, 2.45) is 0 Å². The summed E-state index contributed by atoms with van der Waals surface area (Å²) in [6.07, 6.45) is 0.636. The number of hydrogen-bond acceptors (Lipinski definition) is 8. The molecule has 1 saturated heterocycles. The van der Waals surface area contributed by atoms with Crippen LogP contribution in [0.15, 0.2) is 70.4 Å². The number of anilines is 1. The Balaban J connectivity index is 1.40. The average Bonchev–Trinajstić information content (AvgIpc) is 3.15. The molecule has 0 atom stereocenters. The van der Waals surface area contributed by atoms with E-state index >= 15 is 0 Å².